The molecule has 2 saturated carbocycles. The van der Waals surface area contributed by atoms with Crippen LogP contribution in [0.25, 0.3) is 0 Å². The van der Waals surface area contributed by atoms with E-state index in [1.807, 2.05) is 0 Å². The fraction of sp³-hybridized carbons (Fsp3) is 1.00. The zero-order valence-corrected chi connectivity index (χ0v) is 17.2. The van der Waals surface area contributed by atoms with Gasteiger partial charge in [0.25, 0.3) is 0 Å². The Balaban J connectivity index is 1.50. The molecule has 0 bridgehead atoms. The molecule has 2 heterocycles. The van der Waals surface area contributed by atoms with Crippen LogP contribution >= 0.6 is 0 Å². The number of aliphatic hydroxyl groups is 8. The molecular weight excluding hydrogens is 396 g/mol. The summed E-state index contributed by atoms with van der Waals surface area (Å²) in [6.07, 6.45) is -1.44. The number of hydrogen-bond donors (Lipinski definition) is 6. The highest BCUT2D eigenvalue weighted by molar-refractivity contribution is 4.95. The quantitative estimate of drug-likeness (QED) is 0.295. The largest absolute Gasteiger partial charge is 0.427 e. The van der Waals surface area contributed by atoms with E-state index in [1.54, 1.807) is 0 Å². The van der Waals surface area contributed by atoms with Gasteiger partial charge >= 0.3 is 0 Å². The number of aliphatic hydroxyl groups excluding tert-OH is 6. The van der Waals surface area contributed by atoms with Crippen molar-refractivity contribution in [3.05, 3.63) is 0 Å². The van der Waals surface area contributed by atoms with Gasteiger partial charge in [-0.1, -0.05) is 6.42 Å². The molecule has 0 aromatic rings. The summed E-state index contributed by atoms with van der Waals surface area (Å²) in [4.78, 5) is 0. The molecule has 0 amide bonds. The first-order valence-corrected chi connectivity index (χ1v) is 11.4. The maximum Gasteiger partial charge on any atom is 0.187 e. The van der Waals surface area contributed by atoms with Crippen LogP contribution in [0.4, 0.5) is 0 Å². The van der Waals surface area contributed by atoms with Crippen LogP contribution in [0.5, 0.6) is 0 Å². The molecule has 0 spiro atoms. The zero-order chi connectivity index (χ0) is 21.4. The third-order valence-electron chi connectivity index (χ3n) is 7.61. The lowest BCUT2D eigenvalue weighted by molar-refractivity contribution is -0.350. The van der Waals surface area contributed by atoms with Crippen LogP contribution in [-0.2, 0) is 9.47 Å². The highest BCUT2D eigenvalue weighted by Crippen LogP contribution is 2.41. The van der Waals surface area contributed by atoms with Crippen LogP contribution in [-0.4, -0.2) is 103 Å². The molecule has 9 nitrogen and oxygen atoms in total. The normalized spacial score (nSPS) is 52.6. The molecule has 2 saturated heterocycles. The second kappa shape index (κ2) is 9.64. The van der Waals surface area contributed by atoms with Crippen molar-refractivity contribution < 1.29 is 44.8 Å². The average molecular weight is 434 g/mol. The van der Waals surface area contributed by atoms with Crippen molar-refractivity contribution in [1.82, 2.24) is 0 Å². The predicted molar refractivity (Wildman–Crippen MR) is 104 cm³/mol. The van der Waals surface area contributed by atoms with Gasteiger partial charge in [0.05, 0.1) is 18.8 Å². The zero-order valence-electron chi connectivity index (χ0n) is 17.2. The summed E-state index contributed by atoms with van der Waals surface area (Å²) in [5.41, 5.74) is 0. The Labute approximate surface area is 176 Å². The predicted octanol–water partition coefficient (Wildman–Crippen LogP) is -1.45. The minimum atomic E-state index is -1.48. The summed E-state index contributed by atoms with van der Waals surface area (Å²) in [6, 6.07) is 0. The van der Waals surface area contributed by atoms with Gasteiger partial charge < -0.3 is 44.8 Å². The summed E-state index contributed by atoms with van der Waals surface area (Å²) >= 11 is 0. The van der Waals surface area contributed by atoms with Gasteiger partial charge in [0, 0.05) is 18.3 Å². The SMILES string of the molecule is OC[C@H]1O[C@@H](OC2CC3CCCCC3[OH+]C2C2CCC(O)C(O)C2)[C@H](O)[C@@H](O)[C@@H]1O. The van der Waals surface area contributed by atoms with E-state index in [9.17, 15) is 30.6 Å². The van der Waals surface area contributed by atoms with Crippen molar-refractivity contribution in [3.8, 4) is 0 Å². The van der Waals surface area contributed by atoms with Crippen molar-refractivity contribution in [2.24, 2.45) is 11.8 Å². The van der Waals surface area contributed by atoms with Crippen LogP contribution in [0.2, 0.25) is 0 Å². The molecule has 4 fully saturated rings. The fourth-order valence-corrected chi connectivity index (χ4v) is 5.80. The Bertz CT molecular complexity index is 561. The molecule has 30 heavy (non-hydrogen) atoms. The maximum atomic E-state index is 10.4. The Morgan fingerprint density at radius 2 is 1.57 bits per heavy atom. The van der Waals surface area contributed by atoms with Crippen LogP contribution in [0.15, 0.2) is 0 Å². The third kappa shape index (κ3) is 4.55. The van der Waals surface area contributed by atoms with Crippen LogP contribution in [0.3, 0.4) is 0 Å². The fourth-order valence-electron chi connectivity index (χ4n) is 5.80. The van der Waals surface area contributed by atoms with E-state index in [-0.39, 0.29) is 24.2 Å². The van der Waals surface area contributed by atoms with Crippen molar-refractivity contribution in [2.75, 3.05) is 6.61 Å². The summed E-state index contributed by atoms with van der Waals surface area (Å²) < 4.78 is 16.9. The van der Waals surface area contributed by atoms with Crippen LogP contribution in [0.1, 0.15) is 51.4 Å². The van der Waals surface area contributed by atoms with Crippen molar-refractivity contribution >= 4 is 0 Å². The minimum absolute atomic E-state index is 0.0566. The molecule has 0 aromatic carbocycles. The molecule has 174 valence electrons. The van der Waals surface area contributed by atoms with Gasteiger partial charge in [0.1, 0.15) is 30.5 Å². The molecule has 0 aromatic heterocycles. The van der Waals surface area contributed by atoms with E-state index in [4.69, 9.17) is 14.2 Å². The lowest BCUT2D eigenvalue weighted by Gasteiger charge is -2.47. The summed E-state index contributed by atoms with van der Waals surface area (Å²) in [5, 5.41) is 60.1. The molecule has 2 aliphatic heterocycles. The van der Waals surface area contributed by atoms with E-state index < -0.39 is 49.5 Å². The molecule has 7 unspecified atom stereocenters. The minimum Gasteiger partial charge on any atom is -0.427 e. The second-order valence-corrected chi connectivity index (χ2v) is 9.57. The summed E-state index contributed by atoms with van der Waals surface area (Å²) in [6.45, 7) is -0.499. The Kier molecular flexibility index (Phi) is 7.33. The molecule has 0 radical (unpaired) electrons. The first-order chi connectivity index (χ1) is 14.4. The van der Waals surface area contributed by atoms with Gasteiger partial charge in [0.2, 0.25) is 0 Å². The first kappa shape index (κ1) is 22.8. The highest BCUT2D eigenvalue weighted by Gasteiger charge is 2.52. The number of ether oxygens (including phenoxy) is 3. The molecule has 12 atom stereocenters. The second-order valence-electron chi connectivity index (χ2n) is 9.57. The average Bonchev–Trinajstić information content (AvgIpc) is 2.75. The Morgan fingerprint density at radius 1 is 0.800 bits per heavy atom. The molecular formula is C21H37O9+. The summed E-state index contributed by atoms with van der Waals surface area (Å²) in [5.74, 6) is 0.449. The lowest BCUT2D eigenvalue weighted by atomic mass is 9.74. The molecule has 9 heteroatoms. The van der Waals surface area contributed by atoms with E-state index >= 15 is 0 Å². The van der Waals surface area contributed by atoms with Gasteiger partial charge in [-0.05, 0) is 38.5 Å². The van der Waals surface area contributed by atoms with Crippen LogP contribution < -0.4 is 0 Å². The van der Waals surface area contributed by atoms with E-state index in [1.165, 1.54) is 0 Å². The van der Waals surface area contributed by atoms with Crippen molar-refractivity contribution in [1.29, 1.82) is 0 Å². The first-order valence-electron chi connectivity index (χ1n) is 11.4. The van der Waals surface area contributed by atoms with E-state index in [0.717, 1.165) is 38.5 Å². The third-order valence-corrected chi connectivity index (χ3v) is 7.61. The van der Waals surface area contributed by atoms with Crippen molar-refractivity contribution in [2.45, 2.75) is 113 Å². The Hall–Kier alpha value is -0.360. The van der Waals surface area contributed by atoms with Gasteiger partial charge in [-0.15, -0.1) is 0 Å². The van der Waals surface area contributed by atoms with E-state index in [2.05, 4.69) is 0 Å². The lowest BCUT2D eigenvalue weighted by Crippen LogP contribution is -2.62. The molecule has 2 aliphatic carbocycles. The van der Waals surface area contributed by atoms with E-state index in [0.29, 0.717) is 18.8 Å². The van der Waals surface area contributed by atoms with Gasteiger partial charge in [-0.2, -0.15) is 0 Å². The standard InChI is InChI=1S/C21H36O9/c22-9-16-17(25)18(26)19(27)21(30-16)29-15-8-10-3-1-2-4-14(10)28-20(15)11-5-6-12(23)13(24)7-11/h10-27H,1-9H2/p+1/t10?,11?,12?,13?,14?,15?,16-,17-,18+,19-,20?,21-/m1/s1. The van der Waals surface area contributed by atoms with Gasteiger partial charge in [0.15, 0.2) is 18.5 Å². The maximum absolute atomic E-state index is 10.4. The summed E-state index contributed by atoms with van der Waals surface area (Å²) in [7, 11) is 0. The number of fused-ring (bicyclic) bond motifs is 1. The molecule has 4 rings (SSSR count). The van der Waals surface area contributed by atoms with Gasteiger partial charge in [-0.25, -0.2) is 0 Å². The topological polar surface area (TPSA) is 153 Å². The van der Waals surface area contributed by atoms with Gasteiger partial charge in [-0.3, -0.25) is 0 Å². The number of hydrogen-bond acceptors (Lipinski definition) is 8. The number of rotatable bonds is 4. The molecule has 7 N–H and O–H groups in total. The highest BCUT2D eigenvalue weighted by atomic mass is 16.7. The monoisotopic (exact) mass is 433 g/mol. The molecule has 4 aliphatic rings. The van der Waals surface area contributed by atoms with Crippen LogP contribution in [0, 0.1) is 11.8 Å². The van der Waals surface area contributed by atoms with Crippen molar-refractivity contribution in [3.63, 3.8) is 0 Å². The Morgan fingerprint density at radius 3 is 2.30 bits per heavy atom. The smallest absolute Gasteiger partial charge is 0.187 e.